The van der Waals surface area contributed by atoms with E-state index in [0.717, 1.165) is 0 Å². The minimum absolute atomic E-state index is 0.00103. The Hall–Kier alpha value is -0.700. The van der Waals surface area contributed by atoms with Gasteiger partial charge in [-0.1, -0.05) is 12.2 Å². The lowest BCUT2D eigenvalue weighted by molar-refractivity contribution is 0.272. The molecule has 0 aromatic heterocycles. The maximum Gasteiger partial charge on any atom is 0.270 e. The van der Waals surface area contributed by atoms with Crippen molar-refractivity contribution in [2.75, 3.05) is 24.7 Å². The molecule has 0 bridgehead atoms. The first-order valence-electron chi connectivity index (χ1n) is 5.29. The number of hydrogen-bond acceptors (Lipinski definition) is 6. The van der Waals surface area contributed by atoms with Gasteiger partial charge in [0, 0.05) is 0 Å². The Morgan fingerprint density at radius 2 is 1.11 bits per heavy atom. The lowest BCUT2D eigenvalue weighted by atomic mass is 10.3. The molecule has 0 unspecified atom stereocenters. The minimum Gasteiger partial charge on any atom is -0.270 e. The Kier molecular flexibility index (Phi) is 8.08. The van der Waals surface area contributed by atoms with Crippen LogP contribution in [0, 0.1) is 0 Å². The highest BCUT2D eigenvalue weighted by Crippen LogP contribution is 2.00. The molecule has 0 fully saturated rings. The third kappa shape index (κ3) is 9.34. The van der Waals surface area contributed by atoms with Gasteiger partial charge in [-0.2, -0.15) is 16.8 Å². The van der Waals surface area contributed by atoms with Gasteiger partial charge in [0.2, 0.25) is 0 Å². The Balaban J connectivity index is 3.70. The average molecular weight is 298 g/mol. The summed E-state index contributed by atoms with van der Waals surface area (Å²) in [5.41, 5.74) is 0. The maximum absolute atomic E-state index is 11.1. The highest BCUT2D eigenvalue weighted by molar-refractivity contribution is 7.87. The van der Waals surface area contributed by atoms with Crippen LogP contribution in [0.4, 0.5) is 0 Å². The molecular formula is C10H18O6S2. The van der Waals surface area contributed by atoms with E-state index in [1.807, 2.05) is 0 Å². The predicted octanol–water partition coefficient (Wildman–Crippen LogP) is 0.831. The largest absolute Gasteiger partial charge is 0.270 e. The molecule has 0 saturated heterocycles. The highest BCUT2D eigenvalue weighted by Gasteiger charge is 2.09. The topological polar surface area (TPSA) is 86.7 Å². The molecule has 0 atom stereocenters. The lowest BCUT2D eigenvalue weighted by Crippen LogP contribution is -2.12. The van der Waals surface area contributed by atoms with E-state index in [4.69, 9.17) is 0 Å². The third-order valence-electron chi connectivity index (χ3n) is 1.71. The molecule has 0 amide bonds. The normalized spacial score (nSPS) is 12.2. The molecule has 6 nitrogen and oxygen atoms in total. The van der Waals surface area contributed by atoms with Gasteiger partial charge in [-0.25, -0.2) is 0 Å². The van der Waals surface area contributed by atoms with Gasteiger partial charge in [-0.05, 0) is 12.8 Å². The molecule has 0 N–H and O–H groups in total. The zero-order valence-corrected chi connectivity index (χ0v) is 11.7. The first kappa shape index (κ1) is 17.3. The van der Waals surface area contributed by atoms with Crippen LogP contribution in [0.2, 0.25) is 0 Å². The Morgan fingerprint density at radius 1 is 0.778 bits per heavy atom. The first-order valence-corrected chi connectivity index (χ1v) is 8.44. The highest BCUT2D eigenvalue weighted by atomic mass is 32.2. The molecule has 0 spiro atoms. The van der Waals surface area contributed by atoms with Gasteiger partial charge >= 0.3 is 0 Å². The van der Waals surface area contributed by atoms with Crippen LogP contribution in [0.15, 0.2) is 25.3 Å². The van der Waals surface area contributed by atoms with Crippen LogP contribution >= 0.6 is 0 Å². The fourth-order valence-corrected chi connectivity index (χ4v) is 2.47. The van der Waals surface area contributed by atoms with Crippen molar-refractivity contribution in [1.29, 1.82) is 0 Å². The summed E-state index contributed by atoms with van der Waals surface area (Å²) >= 11 is 0. The van der Waals surface area contributed by atoms with Crippen LogP contribution in [0.25, 0.3) is 0 Å². The fourth-order valence-electron chi connectivity index (χ4n) is 0.961. The second-order valence-electron chi connectivity index (χ2n) is 3.38. The molecule has 0 radical (unpaired) electrons. The summed E-state index contributed by atoms with van der Waals surface area (Å²) in [6, 6.07) is 0. The second-order valence-corrected chi connectivity index (χ2v) is 6.75. The summed E-state index contributed by atoms with van der Waals surface area (Å²) in [5.74, 6) is -0.478. The van der Waals surface area contributed by atoms with Crippen molar-refractivity contribution < 1.29 is 25.2 Å². The fraction of sp³-hybridized carbons (Fsp3) is 0.600. The van der Waals surface area contributed by atoms with Crippen LogP contribution in [-0.4, -0.2) is 41.6 Å². The average Bonchev–Trinajstić information content (AvgIpc) is 2.22. The van der Waals surface area contributed by atoms with Crippen molar-refractivity contribution >= 4 is 20.2 Å². The first-order chi connectivity index (χ1) is 8.33. The van der Waals surface area contributed by atoms with Crippen LogP contribution in [0.3, 0.4) is 0 Å². The molecule has 0 rings (SSSR count). The van der Waals surface area contributed by atoms with Gasteiger partial charge in [0.05, 0.1) is 24.7 Å². The molecule has 0 aliphatic heterocycles. The molecule has 18 heavy (non-hydrogen) atoms. The minimum atomic E-state index is -3.55. The SMILES string of the molecule is C=CCS(=O)(=O)OCCCCOS(=O)(=O)CC=C. The monoisotopic (exact) mass is 298 g/mol. The van der Waals surface area contributed by atoms with Crippen molar-refractivity contribution in [2.24, 2.45) is 0 Å². The van der Waals surface area contributed by atoms with E-state index in [1.165, 1.54) is 12.2 Å². The predicted molar refractivity (Wildman–Crippen MR) is 69.1 cm³/mol. The maximum atomic E-state index is 11.1. The summed E-state index contributed by atoms with van der Waals surface area (Å²) in [6.07, 6.45) is 3.25. The molecular weight excluding hydrogens is 280 g/mol. The molecule has 0 aliphatic rings. The van der Waals surface area contributed by atoms with Crippen molar-refractivity contribution in [1.82, 2.24) is 0 Å². The lowest BCUT2D eigenvalue weighted by Gasteiger charge is -2.04. The summed E-state index contributed by atoms with van der Waals surface area (Å²) < 4.78 is 53.6. The molecule has 0 aromatic carbocycles. The van der Waals surface area contributed by atoms with Gasteiger partial charge in [-0.15, -0.1) is 13.2 Å². The molecule has 0 heterocycles. The smallest absolute Gasteiger partial charge is 0.270 e. The van der Waals surface area contributed by atoms with Crippen LogP contribution in [0.5, 0.6) is 0 Å². The van der Waals surface area contributed by atoms with Crippen molar-refractivity contribution in [3.05, 3.63) is 25.3 Å². The molecule has 8 heteroatoms. The summed E-state index contributed by atoms with van der Waals surface area (Å²) in [5, 5.41) is 0. The summed E-state index contributed by atoms with van der Waals surface area (Å²) in [6.45, 7) is 6.59. The molecule has 106 valence electrons. The number of hydrogen-bond donors (Lipinski definition) is 0. The zero-order valence-electron chi connectivity index (χ0n) is 10.1. The van der Waals surface area contributed by atoms with Crippen LogP contribution in [-0.2, 0) is 28.6 Å². The molecule has 0 aliphatic carbocycles. The van der Waals surface area contributed by atoms with Crippen molar-refractivity contribution in [2.45, 2.75) is 12.8 Å². The number of rotatable bonds is 11. The van der Waals surface area contributed by atoms with Crippen LogP contribution < -0.4 is 0 Å². The van der Waals surface area contributed by atoms with E-state index in [9.17, 15) is 16.8 Å². The number of unbranched alkanes of at least 4 members (excludes halogenated alkanes) is 1. The van der Waals surface area contributed by atoms with Gasteiger partial charge in [0.15, 0.2) is 0 Å². The van der Waals surface area contributed by atoms with Gasteiger partial charge in [0.1, 0.15) is 0 Å². The van der Waals surface area contributed by atoms with E-state index in [0.29, 0.717) is 12.8 Å². The zero-order chi connectivity index (χ0) is 14.1. The molecule has 0 aromatic rings. The standard InChI is InChI=1S/C10H18O6S2/c1-3-9-17(11,12)15-7-5-6-8-16-18(13,14)10-4-2/h3-4H,1-2,5-10H2. The van der Waals surface area contributed by atoms with Gasteiger partial charge in [0.25, 0.3) is 20.2 Å². The van der Waals surface area contributed by atoms with E-state index in [-0.39, 0.29) is 24.7 Å². The second kappa shape index (κ2) is 8.41. The van der Waals surface area contributed by atoms with Gasteiger partial charge < -0.3 is 0 Å². The third-order valence-corrected chi connectivity index (χ3v) is 4.05. The Morgan fingerprint density at radius 3 is 1.39 bits per heavy atom. The quantitative estimate of drug-likeness (QED) is 0.319. The molecule has 0 saturated carbocycles. The van der Waals surface area contributed by atoms with E-state index >= 15 is 0 Å². The summed E-state index contributed by atoms with van der Waals surface area (Å²) in [4.78, 5) is 0. The summed E-state index contributed by atoms with van der Waals surface area (Å²) in [7, 11) is -7.09. The van der Waals surface area contributed by atoms with Crippen LogP contribution in [0.1, 0.15) is 12.8 Å². The van der Waals surface area contributed by atoms with E-state index in [1.54, 1.807) is 0 Å². The van der Waals surface area contributed by atoms with E-state index < -0.39 is 20.2 Å². The Bertz CT molecular complexity index is 405. The van der Waals surface area contributed by atoms with E-state index in [2.05, 4.69) is 21.5 Å². The Labute approximate surface area is 109 Å². The van der Waals surface area contributed by atoms with Crippen molar-refractivity contribution in [3.63, 3.8) is 0 Å². The van der Waals surface area contributed by atoms with Gasteiger partial charge in [-0.3, -0.25) is 8.37 Å². The van der Waals surface area contributed by atoms with Crippen molar-refractivity contribution in [3.8, 4) is 0 Å².